The molecule has 0 radical (unpaired) electrons. The normalized spacial score (nSPS) is 34.0. The fraction of sp³-hybridized carbons (Fsp3) is 0.500. The molecule has 1 saturated carbocycles. The minimum absolute atomic E-state index is 0.0662. The van der Waals surface area contributed by atoms with E-state index in [2.05, 4.69) is 66.9 Å². The Morgan fingerprint density at radius 1 is 1.24 bits per heavy atom. The number of allylic oxidation sites excluding steroid dienone is 4. The van der Waals surface area contributed by atoms with Gasteiger partial charge in [-0.3, -0.25) is 0 Å². The third-order valence-electron chi connectivity index (χ3n) is 6.17. The number of amides is 2. The first-order chi connectivity index (χ1) is 12.2. The van der Waals surface area contributed by atoms with Crippen molar-refractivity contribution in [2.75, 3.05) is 13.1 Å². The van der Waals surface area contributed by atoms with E-state index in [0.29, 0.717) is 17.9 Å². The van der Waals surface area contributed by atoms with Crippen molar-refractivity contribution in [2.45, 2.75) is 44.1 Å². The minimum Gasteiger partial charge on any atom is -0.335 e. The maximum Gasteiger partial charge on any atom is 0.317 e. The van der Waals surface area contributed by atoms with Crippen LogP contribution in [0.1, 0.15) is 38.2 Å². The number of nitrogens with zero attached hydrogens (tertiary/aromatic N) is 1. The van der Waals surface area contributed by atoms with Crippen molar-refractivity contribution in [2.24, 2.45) is 11.8 Å². The summed E-state index contributed by atoms with van der Waals surface area (Å²) in [5.41, 5.74) is 1.41. The highest BCUT2D eigenvalue weighted by molar-refractivity contribution is 5.75. The van der Waals surface area contributed by atoms with Crippen molar-refractivity contribution in [1.82, 2.24) is 10.2 Å². The van der Waals surface area contributed by atoms with Gasteiger partial charge in [-0.15, -0.1) is 0 Å². The number of carbonyl (C=O) groups is 1. The lowest BCUT2D eigenvalue weighted by atomic mass is 9.76. The maximum absolute atomic E-state index is 12.8. The number of urea groups is 1. The van der Waals surface area contributed by atoms with Gasteiger partial charge < -0.3 is 10.2 Å². The molecule has 1 aromatic carbocycles. The van der Waals surface area contributed by atoms with Crippen LogP contribution in [0.4, 0.5) is 4.79 Å². The van der Waals surface area contributed by atoms with E-state index in [0.717, 1.165) is 38.8 Å². The molecule has 132 valence electrons. The number of hydrogen-bond donors (Lipinski definition) is 1. The zero-order valence-corrected chi connectivity index (χ0v) is 15.0. The van der Waals surface area contributed by atoms with E-state index >= 15 is 0 Å². The largest absolute Gasteiger partial charge is 0.335 e. The van der Waals surface area contributed by atoms with Crippen LogP contribution >= 0.6 is 0 Å². The van der Waals surface area contributed by atoms with Gasteiger partial charge in [-0.25, -0.2) is 4.79 Å². The molecule has 3 heteroatoms. The molecule has 1 N–H and O–H groups in total. The van der Waals surface area contributed by atoms with Crippen LogP contribution in [0.25, 0.3) is 0 Å². The first kappa shape index (κ1) is 16.4. The van der Waals surface area contributed by atoms with E-state index in [1.165, 1.54) is 5.56 Å². The van der Waals surface area contributed by atoms with E-state index in [9.17, 15) is 4.79 Å². The molecule has 1 aromatic rings. The van der Waals surface area contributed by atoms with Crippen LogP contribution in [-0.4, -0.2) is 30.1 Å². The van der Waals surface area contributed by atoms with Crippen molar-refractivity contribution in [3.05, 3.63) is 60.2 Å². The summed E-state index contributed by atoms with van der Waals surface area (Å²) in [5.74, 6) is 1.22. The van der Waals surface area contributed by atoms with Gasteiger partial charge in [-0.1, -0.05) is 61.6 Å². The first-order valence-electron chi connectivity index (χ1n) is 9.60. The van der Waals surface area contributed by atoms with E-state index < -0.39 is 0 Å². The first-order valence-corrected chi connectivity index (χ1v) is 9.60. The summed E-state index contributed by atoms with van der Waals surface area (Å²) in [6.45, 7) is 3.98. The van der Waals surface area contributed by atoms with Gasteiger partial charge >= 0.3 is 6.03 Å². The molecule has 4 rings (SSSR count). The number of likely N-dealkylation sites (tertiary alicyclic amines) is 1. The molecule has 4 atom stereocenters. The molecule has 25 heavy (non-hydrogen) atoms. The summed E-state index contributed by atoms with van der Waals surface area (Å²) in [4.78, 5) is 14.8. The second-order valence-corrected chi connectivity index (χ2v) is 8.12. The highest BCUT2D eigenvalue weighted by Crippen LogP contribution is 2.41. The monoisotopic (exact) mass is 336 g/mol. The molecular weight excluding hydrogens is 308 g/mol. The smallest absolute Gasteiger partial charge is 0.317 e. The standard InChI is InChI=1S/C22H28N2O/c1-22(18-11-6-3-7-12-18)13-8-14-24(16-22)21(25)23-20-15-19(20)17-9-4-2-5-10-17/h2-7,9,11-12,17,19-20H,8,10,13-16H2,1H3,(H,23,25)/t17?,19-,20?,22?/m1/s1. The van der Waals surface area contributed by atoms with Crippen molar-refractivity contribution in [1.29, 1.82) is 0 Å². The number of rotatable bonds is 3. The fourth-order valence-corrected chi connectivity index (χ4v) is 4.51. The average molecular weight is 336 g/mol. The molecule has 1 saturated heterocycles. The molecule has 2 aliphatic carbocycles. The van der Waals surface area contributed by atoms with Gasteiger partial charge in [-0.05, 0) is 43.1 Å². The zero-order chi connectivity index (χ0) is 17.3. The molecule has 1 aliphatic heterocycles. The Kier molecular flexibility index (Phi) is 4.41. The summed E-state index contributed by atoms with van der Waals surface area (Å²) in [6.07, 6.45) is 13.2. The molecule has 0 aromatic heterocycles. The van der Waals surface area contributed by atoms with Gasteiger partial charge in [0.1, 0.15) is 0 Å². The Labute approximate surface area is 150 Å². The summed E-state index contributed by atoms with van der Waals surface area (Å²) in [5, 5.41) is 3.29. The number of piperidine rings is 1. The van der Waals surface area contributed by atoms with Gasteiger partial charge in [0.15, 0.2) is 0 Å². The second kappa shape index (κ2) is 6.70. The minimum atomic E-state index is 0.0662. The van der Waals surface area contributed by atoms with E-state index in [1.54, 1.807) is 0 Å². The SMILES string of the molecule is CC1(c2ccccc2)CCCN(C(=O)NC2C[C@@H]2C2C=CC=CC2)C1. The molecule has 2 fully saturated rings. The van der Waals surface area contributed by atoms with Crippen molar-refractivity contribution in [3.63, 3.8) is 0 Å². The van der Waals surface area contributed by atoms with Gasteiger partial charge in [0.25, 0.3) is 0 Å². The molecule has 2 amide bonds. The van der Waals surface area contributed by atoms with Gasteiger partial charge in [0, 0.05) is 24.5 Å². The van der Waals surface area contributed by atoms with E-state index in [-0.39, 0.29) is 11.4 Å². The maximum atomic E-state index is 12.8. The molecule has 0 spiro atoms. The second-order valence-electron chi connectivity index (χ2n) is 8.12. The topological polar surface area (TPSA) is 32.3 Å². The quantitative estimate of drug-likeness (QED) is 0.878. The van der Waals surface area contributed by atoms with Crippen LogP contribution < -0.4 is 5.32 Å². The van der Waals surface area contributed by atoms with Gasteiger partial charge in [-0.2, -0.15) is 0 Å². The third-order valence-corrected chi connectivity index (χ3v) is 6.17. The number of nitrogens with one attached hydrogen (secondary N) is 1. The Morgan fingerprint density at radius 3 is 2.84 bits per heavy atom. The lowest BCUT2D eigenvalue weighted by Crippen LogP contribution is -2.51. The summed E-state index contributed by atoms with van der Waals surface area (Å²) in [7, 11) is 0. The Balaban J connectivity index is 1.35. The van der Waals surface area contributed by atoms with Crippen LogP contribution in [0, 0.1) is 11.8 Å². The van der Waals surface area contributed by atoms with Crippen molar-refractivity contribution in [3.8, 4) is 0 Å². The highest BCUT2D eigenvalue weighted by Gasteiger charge is 2.44. The summed E-state index contributed by atoms with van der Waals surface area (Å²) >= 11 is 0. The summed E-state index contributed by atoms with van der Waals surface area (Å²) in [6, 6.07) is 11.1. The Bertz CT molecular complexity index is 681. The number of carbonyl (C=O) groups excluding carboxylic acids is 1. The zero-order valence-electron chi connectivity index (χ0n) is 15.0. The van der Waals surface area contributed by atoms with E-state index in [4.69, 9.17) is 0 Å². The highest BCUT2D eigenvalue weighted by atomic mass is 16.2. The predicted molar refractivity (Wildman–Crippen MR) is 101 cm³/mol. The Morgan fingerprint density at radius 2 is 2.08 bits per heavy atom. The van der Waals surface area contributed by atoms with Crippen LogP contribution in [0.5, 0.6) is 0 Å². The van der Waals surface area contributed by atoms with E-state index in [1.807, 2.05) is 4.90 Å². The molecule has 1 heterocycles. The summed E-state index contributed by atoms with van der Waals surface area (Å²) < 4.78 is 0. The number of benzene rings is 1. The Hall–Kier alpha value is -2.03. The lowest BCUT2D eigenvalue weighted by molar-refractivity contribution is 0.155. The molecular formula is C22H28N2O. The van der Waals surface area contributed by atoms with Crippen LogP contribution in [0.15, 0.2) is 54.6 Å². The molecule has 3 nitrogen and oxygen atoms in total. The fourth-order valence-electron chi connectivity index (χ4n) is 4.51. The lowest BCUT2D eigenvalue weighted by Gasteiger charge is -2.41. The van der Waals surface area contributed by atoms with Crippen LogP contribution in [-0.2, 0) is 5.41 Å². The molecule has 3 unspecified atom stereocenters. The van der Waals surface area contributed by atoms with Crippen LogP contribution in [0.2, 0.25) is 0 Å². The third kappa shape index (κ3) is 3.51. The van der Waals surface area contributed by atoms with Crippen LogP contribution in [0.3, 0.4) is 0 Å². The van der Waals surface area contributed by atoms with Gasteiger partial charge in [0.2, 0.25) is 0 Å². The average Bonchev–Trinajstić information content (AvgIpc) is 3.42. The van der Waals surface area contributed by atoms with Crippen molar-refractivity contribution < 1.29 is 4.79 Å². The predicted octanol–water partition coefficient (Wildman–Crippen LogP) is 4.27. The van der Waals surface area contributed by atoms with Gasteiger partial charge in [0.05, 0.1) is 0 Å². The number of hydrogen-bond acceptors (Lipinski definition) is 1. The molecule has 0 bridgehead atoms. The van der Waals surface area contributed by atoms with Crippen molar-refractivity contribution >= 4 is 6.03 Å². The molecule has 3 aliphatic rings.